The van der Waals surface area contributed by atoms with Gasteiger partial charge in [-0.15, -0.1) is 0 Å². The highest BCUT2D eigenvalue weighted by Crippen LogP contribution is 2.47. The summed E-state index contributed by atoms with van der Waals surface area (Å²) >= 11 is 0. The third-order valence-electron chi connectivity index (χ3n) is 9.88. The lowest BCUT2D eigenvalue weighted by Crippen LogP contribution is -2.62. The average molecular weight is 783 g/mol. The molecule has 0 aliphatic carbocycles. The Bertz CT molecular complexity index is 1310. The van der Waals surface area contributed by atoms with Gasteiger partial charge in [0.1, 0.15) is 12.7 Å². The average Bonchev–Trinajstić information content (AvgIpc) is 3.13. The van der Waals surface area contributed by atoms with Crippen LogP contribution < -0.4 is 0 Å². The van der Waals surface area contributed by atoms with Crippen LogP contribution in [0.3, 0.4) is 0 Å². The summed E-state index contributed by atoms with van der Waals surface area (Å²) in [6, 6.07) is 0. The molecule has 0 aromatic rings. The van der Waals surface area contributed by atoms with Gasteiger partial charge >= 0.3 is 23.9 Å². The second kappa shape index (κ2) is 23.1. The minimum absolute atomic E-state index is 0.0516. The number of hydrogen-bond donors (Lipinski definition) is 3. The standard InChI is InChI=1S/C40H62O15/c1-6-8-9-10-11-12-33(43)54-38-27(21-34(44)48-5)20-31-24-32(26-41)51-36(46)22-28(42)14-18-49-19-15-29-23-30(25-35(45)50-17-7-2)53-37(52-29)13-16-39(3,4)40(38,47)55-31/h7,13,16,21,28-32,37-38,41-42,47H,2,6,8-12,14-15,17-20,22-26H2,1,3-5H3/b16-13-,27-21+/t28-,29-,30-,31+,32-,37-,38+,40-/m1/s1. The highest BCUT2D eigenvalue weighted by molar-refractivity contribution is 5.83. The first-order chi connectivity index (χ1) is 26.2. The summed E-state index contributed by atoms with van der Waals surface area (Å²) in [5.74, 6) is -4.94. The van der Waals surface area contributed by atoms with Crippen LogP contribution in [-0.4, -0.2) is 121 Å². The van der Waals surface area contributed by atoms with Crippen LogP contribution in [0.5, 0.6) is 0 Å². The minimum Gasteiger partial charge on any atom is -0.466 e. The van der Waals surface area contributed by atoms with Gasteiger partial charge in [-0.3, -0.25) is 14.4 Å². The van der Waals surface area contributed by atoms with Gasteiger partial charge in [-0.2, -0.15) is 0 Å². The van der Waals surface area contributed by atoms with Crippen molar-refractivity contribution < 1.29 is 72.4 Å². The largest absolute Gasteiger partial charge is 0.466 e. The van der Waals surface area contributed by atoms with Gasteiger partial charge in [0, 0.05) is 44.0 Å². The Balaban J connectivity index is 2.04. The summed E-state index contributed by atoms with van der Waals surface area (Å²) in [7, 11) is 1.19. The molecule has 3 rings (SSSR count). The van der Waals surface area contributed by atoms with Crippen molar-refractivity contribution in [3.8, 4) is 0 Å². The van der Waals surface area contributed by atoms with Crippen molar-refractivity contribution in [3.63, 3.8) is 0 Å². The molecule has 0 amide bonds. The first kappa shape index (κ1) is 46.2. The fourth-order valence-electron chi connectivity index (χ4n) is 6.74. The van der Waals surface area contributed by atoms with Crippen molar-refractivity contribution in [2.24, 2.45) is 5.41 Å². The molecule has 15 heteroatoms. The van der Waals surface area contributed by atoms with Gasteiger partial charge in [-0.05, 0) is 37.3 Å². The second-order valence-electron chi connectivity index (χ2n) is 14.9. The van der Waals surface area contributed by atoms with Gasteiger partial charge < -0.3 is 53.2 Å². The van der Waals surface area contributed by atoms with Gasteiger partial charge in [0.2, 0.25) is 5.79 Å². The predicted octanol–water partition coefficient (Wildman–Crippen LogP) is 3.89. The number of fused-ring (bicyclic) bond motifs is 4. The number of unbranched alkanes of at least 4 members (excludes halogenated alkanes) is 4. The quantitative estimate of drug-likeness (QED) is 0.0798. The van der Waals surface area contributed by atoms with E-state index in [2.05, 4.69) is 13.5 Å². The Kier molecular flexibility index (Phi) is 19.4. The fraction of sp³-hybridized carbons (Fsp3) is 0.750. The zero-order valence-corrected chi connectivity index (χ0v) is 32.8. The molecule has 0 radical (unpaired) electrons. The van der Waals surface area contributed by atoms with E-state index in [1.165, 1.54) is 13.2 Å². The molecule has 8 atom stereocenters. The van der Waals surface area contributed by atoms with Gasteiger partial charge in [0.05, 0.1) is 51.0 Å². The highest BCUT2D eigenvalue weighted by atomic mass is 16.7. The Morgan fingerprint density at radius 3 is 2.44 bits per heavy atom. The van der Waals surface area contributed by atoms with Crippen molar-refractivity contribution in [3.05, 3.63) is 36.5 Å². The Labute approximate surface area is 324 Å². The third kappa shape index (κ3) is 15.0. The molecular weight excluding hydrogens is 720 g/mol. The van der Waals surface area contributed by atoms with E-state index in [1.54, 1.807) is 26.0 Å². The molecule has 4 bridgehead atoms. The maximum atomic E-state index is 13.3. The van der Waals surface area contributed by atoms with Crippen molar-refractivity contribution in [2.45, 2.75) is 153 Å². The number of cyclic esters (lactones) is 1. The molecule has 3 aliphatic heterocycles. The number of carbonyl (C=O) groups is 4. The van der Waals surface area contributed by atoms with Crippen LogP contribution in [-0.2, 0) is 57.1 Å². The number of carbonyl (C=O) groups excluding carboxylic acids is 4. The Morgan fingerprint density at radius 2 is 1.73 bits per heavy atom. The molecule has 3 N–H and O–H groups in total. The first-order valence-electron chi connectivity index (χ1n) is 19.4. The van der Waals surface area contributed by atoms with Gasteiger partial charge in [-0.25, -0.2) is 4.79 Å². The lowest BCUT2D eigenvalue weighted by atomic mass is 9.74. The number of hydrogen-bond acceptors (Lipinski definition) is 15. The van der Waals surface area contributed by atoms with Crippen LogP contribution in [0.4, 0.5) is 0 Å². The van der Waals surface area contributed by atoms with Gasteiger partial charge in [0.25, 0.3) is 0 Å². The van der Waals surface area contributed by atoms with E-state index < -0.39 is 84.6 Å². The van der Waals surface area contributed by atoms with Crippen molar-refractivity contribution in [1.29, 1.82) is 0 Å². The Morgan fingerprint density at radius 1 is 1.00 bits per heavy atom. The summed E-state index contributed by atoms with van der Waals surface area (Å²) in [4.78, 5) is 51.4. The number of ether oxygens (including phenoxy) is 8. The second-order valence-corrected chi connectivity index (χ2v) is 14.9. The Hall–Kier alpha value is -3.18. The van der Waals surface area contributed by atoms with E-state index in [0.717, 1.165) is 31.8 Å². The number of methoxy groups -OCH3 is 1. The summed E-state index contributed by atoms with van der Waals surface area (Å²) in [6.07, 6.45) is 3.96. The molecule has 2 saturated heterocycles. The number of rotatable bonds is 13. The van der Waals surface area contributed by atoms with Crippen LogP contribution >= 0.6 is 0 Å². The van der Waals surface area contributed by atoms with Crippen LogP contribution in [0, 0.1) is 5.41 Å². The number of aliphatic hydroxyl groups is 3. The number of aliphatic hydroxyl groups excluding tert-OH is 2. The third-order valence-corrected chi connectivity index (χ3v) is 9.88. The van der Waals surface area contributed by atoms with E-state index >= 15 is 0 Å². The molecule has 312 valence electrons. The number of esters is 4. The van der Waals surface area contributed by atoms with Crippen molar-refractivity contribution in [2.75, 3.05) is 33.5 Å². The highest BCUT2D eigenvalue weighted by Gasteiger charge is 2.57. The molecule has 2 fully saturated rings. The summed E-state index contributed by atoms with van der Waals surface area (Å²) in [6.45, 7) is 8.80. The maximum absolute atomic E-state index is 13.3. The van der Waals surface area contributed by atoms with Crippen LogP contribution in [0.2, 0.25) is 0 Å². The van der Waals surface area contributed by atoms with Crippen molar-refractivity contribution in [1.82, 2.24) is 0 Å². The summed E-state index contributed by atoms with van der Waals surface area (Å²) in [5, 5.41) is 33.4. The molecule has 15 nitrogen and oxygen atoms in total. The van der Waals surface area contributed by atoms with E-state index in [4.69, 9.17) is 37.9 Å². The summed E-state index contributed by atoms with van der Waals surface area (Å²) in [5.41, 5.74) is -1.22. The lowest BCUT2D eigenvalue weighted by Gasteiger charge is -2.51. The molecule has 0 unspecified atom stereocenters. The van der Waals surface area contributed by atoms with E-state index in [0.29, 0.717) is 19.3 Å². The van der Waals surface area contributed by atoms with Gasteiger partial charge in [0.15, 0.2) is 12.4 Å². The predicted molar refractivity (Wildman–Crippen MR) is 197 cm³/mol. The molecule has 0 spiro atoms. The topological polar surface area (TPSA) is 203 Å². The lowest BCUT2D eigenvalue weighted by molar-refractivity contribution is -0.327. The maximum Gasteiger partial charge on any atom is 0.330 e. The van der Waals surface area contributed by atoms with Crippen molar-refractivity contribution >= 4 is 23.9 Å². The van der Waals surface area contributed by atoms with E-state index in [9.17, 15) is 34.5 Å². The van der Waals surface area contributed by atoms with E-state index in [-0.39, 0.29) is 63.9 Å². The van der Waals surface area contributed by atoms with Gasteiger partial charge in [-0.1, -0.05) is 65.2 Å². The van der Waals surface area contributed by atoms with Crippen LogP contribution in [0.1, 0.15) is 104 Å². The molecule has 0 saturated carbocycles. The zero-order valence-electron chi connectivity index (χ0n) is 32.8. The van der Waals surface area contributed by atoms with Crippen LogP contribution in [0.25, 0.3) is 0 Å². The minimum atomic E-state index is -2.35. The SMILES string of the molecule is C=CCOC(=O)C[C@H]1C[C@H]2CCOCC[C@@H](O)CC(=O)O[C@@H](CO)C[C@@H]3C/C(=C\C(=O)OC)[C@H](OC(=O)CCCCCCC)[C@@](O)(O3)C(C)(C)/C=C\[C@H](O2)O1. The molecule has 0 aromatic carbocycles. The molecule has 55 heavy (non-hydrogen) atoms. The first-order valence-corrected chi connectivity index (χ1v) is 19.4. The fourth-order valence-corrected chi connectivity index (χ4v) is 6.74. The molecule has 3 aliphatic rings. The molecular formula is C40H62O15. The molecule has 0 aromatic heterocycles. The smallest absolute Gasteiger partial charge is 0.330 e. The zero-order chi connectivity index (χ0) is 40.4. The molecule has 3 heterocycles. The monoisotopic (exact) mass is 782 g/mol. The summed E-state index contributed by atoms with van der Waals surface area (Å²) < 4.78 is 46.1. The van der Waals surface area contributed by atoms with E-state index in [1.807, 2.05) is 0 Å². The normalized spacial score (nSPS) is 32.0. The van der Waals surface area contributed by atoms with Crippen LogP contribution in [0.15, 0.2) is 36.5 Å².